The van der Waals surface area contributed by atoms with E-state index < -0.39 is 23.3 Å². The number of nitrogens with zero attached hydrogens (tertiary/aromatic N) is 4. The van der Waals surface area contributed by atoms with Gasteiger partial charge in [0.1, 0.15) is 0 Å². The van der Waals surface area contributed by atoms with Crippen molar-refractivity contribution in [1.29, 1.82) is 0 Å². The summed E-state index contributed by atoms with van der Waals surface area (Å²) < 4.78 is 71.1. The van der Waals surface area contributed by atoms with Gasteiger partial charge in [-0.2, -0.15) is 0 Å². The molecule has 10 heteroatoms. The maximum Gasteiger partial charge on any atom is 0.0949 e. The van der Waals surface area contributed by atoms with Crippen LogP contribution in [0, 0.1) is 54.0 Å². The number of pyridine rings is 2. The molecule has 0 spiro atoms. The molecule has 4 nitrogen and oxygen atoms in total. The molecular weight excluding hydrogens is 1170 g/mol. The summed E-state index contributed by atoms with van der Waals surface area (Å²) in [5.74, 6) is -1.85. The van der Waals surface area contributed by atoms with Gasteiger partial charge in [0.2, 0.25) is 0 Å². The second-order valence-electron chi connectivity index (χ2n) is 20.8. The second kappa shape index (κ2) is 25.1. The Morgan fingerprint density at radius 2 is 0.873 bits per heavy atom. The molecule has 79 heavy (non-hydrogen) atoms. The summed E-state index contributed by atoms with van der Waals surface area (Å²) in [5.41, 5.74) is 15.0. The monoisotopic (exact) mass is 1230 g/mol. The van der Waals surface area contributed by atoms with Crippen molar-refractivity contribution >= 4 is 5.82 Å². The van der Waals surface area contributed by atoms with Gasteiger partial charge in [-0.25, -0.2) is 0 Å². The molecule has 0 aliphatic carbocycles. The van der Waals surface area contributed by atoms with Gasteiger partial charge < -0.3 is 14.8 Å². The Hall–Kier alpha value is -7.52. The maximum atomic E-state index is 14.9. The Labute approximate surface area is 476 Å². The van der Waals surface area contributed by atoms with Crippen LogP contribution in [0.4, 0.5) is 27.8 Å². The molecule has 0 atom stereocenters. The molecule has 405 valence electrons. The van der Waals surface area contributed by atoms with E-state index in [0.717, 1.165) is 81.3 Å². The molecule has 0 unspecified atom stereocenters. The summed E-state index contributed by atoms with van der Waals surface area (Å²) in [6.07, 6.45) is 4.07. The fourth-order valence-electron chi connectivity index (χ4n) is 9.88. The number of aromatic nitrogens is 2. The van der Waals surface area contributed by atoms with Crippen molar-refractivity contribution in [3.63, 3.8) is 0 Å². The molecule has 1 aliphatic rings. The summed E-state index contributed by atoms with van der Waals surface area (Å²) in [6, 6.07) is 53.9. The summed E-state index contributed by atoms with van der Waals surface area (Å²) in [4.78, 5) is 13.7. The summed E-state index contributed by atoms with van der Waals surface area (Å²) in [6.45, 7) is 22.5. The van der Waals surface area contributed by atoms with Gasteiger partial charge >= 0.3 is 0 Å². The van der Waals surface area contributed by atoms with Gasteiger partial charge in [0, 0.05) is 49.2 Å². The average molecular weight is 1230 g/mol. The van der Waals surface area contributed by atoms with Crippen molar-refractivity contribution in [1.82, 2.24) is 14.9 Å². The first-order valence-corrected chi connectivity index (χ1v) is 26.5. The van der Waals surface area contributed by atoms with E-state index in [4.69, 9.17) is 4.98 Å². The zero-order chi connectivity index (χ0) is 55.4. The van der Waals surface area contributed by atoms with Gasteiger partial charge in [-0.15, -0.1) is 60.8 Å². The van der Waals surface area contributed by atoms with Gasteiger partial charge in [0.05, 0.1) is 5.82 Å². The van der Waals surface area contributed by atoms with Crippen LogP contribution in [0.25, 0.3) is 78.3 Å². The fraction of sp³-hybridized carbons (Fsp3) is 0.203. The third-order valence-electron chi connectivity index (χ3n) is 13.9. The second-order valence-corrected chi connectivity index (χ2v) is 20.8. The largest absolute Gasteiger partial charge is 0.508 e. The zero-order valence-corrected chi connectivity index (χ0v) is 48.1. The first-order chi connectivity index (χ1) is 37.5. The Morgan fingerprint density at radius 1 is 0.443 bits per heavy atom. The van der Waals surface area contributed by atoms with Crippen LogP contribution in [0.3, 0.4) is 0 Å². The first-order valence-electron chi connectivity index (χ1n) is 26.5. The van der Waals surface area contributed by atoms with E-state index in [2.05, 4.69) is 176 Å². The molecule has 2 aromatic heterocycles. The first kappa shape index (κ1) is 57.6. The van der Waals surface area contributed by atoms with E-state index >= 15 is 0 Å². The third kappa shape index (κ3) is 13.0. The zero-order valence-electron chi connectivity index (χ0n) is 45.7. The van der Waals surface area contributed by atoms with Crippen molar-refractivity contribution in [2.24, 2.45) is 0 Å². The summed E-state index contributed by atoms with van der Waals surface area (Å²) in [7, 11) is 0. The van der Waals surface area contributed by atoms with E-state index in [1.165, 1.54) is 39.9 Å². The van der Waals surface area contributed by atoms with Gasteiger partial charge in [0.25, 0.3) is 0 Å². The minimum atomic E-state index is -0.841. The van der Waals surface area contributed by atoms with Crippen LogP contribution in [0.2, 0.25) is 0 Å². The number of hydrogen-bond acceptors (Lipinski definition) is 4. The average Bonchev–Trinajstić information content (AvgIpc) is 4.06. The molecule has 9 aromatic rings. The molecule has 1 aliphatic heterocycles. The molecule has 0 N–H and O–H groups in total. The predicted molar refractivity (Wildman–Crippen MR) is 307 cm³/mol. The number of halogens is 5. The quantitative estimate of drug-likeness (QED) is 0.0851. The minimum Gasteiger partial charge on any atom is -0.508 e. The van der Waals surface area contributed by atoms with Crippen LogP contribution in [0.1, 0.15) is 108 Å². The van der Waals surface area contributed by atoms with Crippen molar-refractivity contribution in [3.8, 4) is 78.3 Å². The van der Waals surface area contributed by atoms with Crippen molar-refractivity contribution < 1.29 is 42.1 Å². The van der Waals surface area contributed by atoms with Crippen LogP contribution < -0.4 is 4.90 Å². The molecule has 0 saturated heterocycles. The van der Waals surface area contributed by atoms with Crippen molar-refractivity contribution in [2.75, 3.05) is 11.4 Å². The third-order valence-corrected chi connectivity index (χ3v) is 13.9. The fourth-order valence-corrected chi connectivity index (χ4v) is 9.88. The van der Waals surface area contributed by atoms with Crippen LogP contribution >= 0.6 is 0 Å². The number of rotatable bonds is 13. The van der Waals surface area contributed by atoms with E-state index in [0.29, 0.717) is 17.4 Å². The predicted octanol–water partition coefficient (Wildman–Crippen LogP) is 19.2. The molecule has 0 fully saturated rings. The van der Waals surface area contributed by atoms with Crippen LogP contribution in [-0.2, 0) is 20.1 Å². The van der Waals surface area contributed by atoms with Gasteiger partial charge in [-0.3, -0.25) is 26.9 Å². The molecule has 0 bridgehead atoms. The topological polar surface area (TPSA) is 32.3 Å². The molecule has 0 amide bonds. The maximum absolute atomic E-state index is 14.9. The summed E-state index contributed by atoms with van der Waals surface area (Å²) in [5, 5.41) is 0. The molecule has 7 aromatic carbocycles. The van der Waals surface area contributed by atoms with E-state index in [9.17, 15) is 22.0 Å². The van der Waals surface area contributed by atoms with Crippen molar-refractivity contribution in [3.05, 3.63) is 240 Å². The Kier molecular flexibility index (Phi) is 18.3. The minimum absolute atomic E-state index is 0. The molecule has 0 saturated carbocycles. The molecule has 3 heterocycles. The molecular formula is C69H61F5IrN4-4. The van der Waals surface area contributed by atoms with Crippen LogP contribution in [0.15, 0.2) is 164 Å². The summed E-state index contributed by atoms with van der Waals surface area (Å²) >= 11 is 0. The van der Waals surface area contributed by atoms with Gasteiger partial charge in [-0.05, 0) is 133 Å². The van der Waals surface area contributed by atoms with Gasteiger partial charge in [-0.1, -0.05) is 189 Å². The Bertz CT molecular complexity index is 3490. The number of anilines is 1. The SMILES string of the molecule is CC(C)c1cc(-c2ccccc2)cc(C(C)C)c1-c1cc(-c2[c-]cc(F)cc2F)nc(-c2[c-]cc(F)cc2F)c1.CCN1C=CN(c2cc(-c3c(C(C)C)cc(-c4ccccc4)cc3C(C)C)cc(-c3[c-]cc(F)cc3)n2)[CH-]1.[Ir]. The van der Waals surface area contributed by atoms with E-state index in [-0.39, 0.29) is 60.3 Å². The van der Waals surface area contributed by atoms with E-state index in [1.54, 1.807) is 18.2 Å². The van der Waals surface area contributed by atoms with E-state index in [1.807, 2.05) is 35.5 Å². The Balaban J connectivity index is 0.000000206. The normalized spacial score (nSPS) is 12.2. The van der Waals surface area contributed by atoms with Crippen LogP contribution in [-0.4, -0.2) is 21.4 Å². The standard InChI is InChI=1S/C35H27F4N.C34H34FN3.Ir/c1-20(2)29-14-23(22-8-6-5-7-9-22)15-30(21(3)4)35(29)24-16-33(27-12-10-25(36)18-31(27)38)40-34(17-24)28-13-11-26(37)19-32(28)39;1-6-37-16-17-38(22-37)33-21-28(20-32(36-33)26-12-14-29(35)15-13-26)34-30(23(2)3)18-27(19-31(34)24(4)5)25-10-8-7-9-11-25;/h5-11,14-21H,1-4H3;7-12,14-24H,6H2,1-5H3;/q2*-2;. The molecule has 10 rings (SSSR count). The molecule has 1 radical (unpaired) electrons. The van der Waals surface area contributed by atoms with Gasteiger partial charge in [0.15, 0.2) is 0 Å². The smallest absolute Gasteiger partial charge is 0.0949 e. The van der Waals surface area contributed by atoms with Crippen molar-refractivity contribution in [2.45, 2.75) is 86.0 Å². The van der Waals surface area contributed by atoms with Crippen LogP contribution in [0.5, 0.6) is 0 Å². The number of hydrogen-bond donors (Lipinski definition) is 0. The Morgan fingerprint density at radius 3 is 1.27 bits per heavy atom. The number of benzene rings is 7.